The normalized spacial score (nSPS) is 11.0. The lowest BCUT2D eigenvalue weighted by atomic mass is 10.1. The van der Waals surface area contributed by atoms with Crippen LogP contribution in [0, 0.1) is 0 Å². The number of esters is 1. The number of ether oxygens (including phenoxy) is 1. The summed E-state index contributed by atoms with van der Waals surface area (Å²) in [5.41, 5.74) is 0.778. The van der Waals surface area contributed by atoms with Crippen LogP contribution in [0.2, 0.25) is 0 Å². The van der Waals surface area contributed by atoms with Crippen molar-refractivity contribution < 1.29 is 9.53 Å². The number of methoxy groups -OCH3 is 1. The first kappa shape index (κ1) is 9.25. The first-order chi connectivity index (χ1) is 6.29. The molecule has 2 N–H and O–H groups in total. The van der Waals surface area contributed by atoms with Crippen LogP contribution in [0.4, 0.5) is 0 Å². The number of hydrogen-bond donors (Lipinski definition) is 1. The van der Waals surface area contributed by atoms with E-state index in [4.69, 9.17) is 5.84 Å². The number of hydrogen-bond acceptors (Lipinski definition) is 4. The Morgan fingerprint density at radius 2 is 2.00 bits per heavy atom. The Morgan fingerprint density at radius 1 is 1.38 bits per heavy atom. The zero-order valence-electron chi connectivity index (χ0n) is 7.23. The van der Waals surface area contributed by atoms with Crippen molar-refractivity contribution in [3.8, 4) is 0 Å². The molecule has 0 spiro atoms. The third-order valence-electron chi connectivity index (χ3n) is 1.56. The Hall–Kier alpha value is -1.84. The van der Waals surface area contributed by atoms with Gasteiger partial charge in [-0.15, -0.1) is 0 Å². The van der Waals surface area contributed by atoms with Crippen LogP contribution in [-0.2, 0) is 9.53 Å². The number of benzene rings is 1. The standard InChI is InChI=1S/C9H10N2O2/c1-13-9(12)8(11-10)7-5-3-2-4-6-7/h2-6H,10H2,1H3/b11-8+. The lowest BCUT2D eigenvalue weighted by Gasteiger charge is -2.01. The van der Waals surface area contributed by atoms with Gasteiger partial charge >= 0.3 is 5.97 Å². The maximum atomic E-state index is 11.1. The van der Waals surface area contributed by atoms with Crippen molar-refractivity contribution in [2.24, 2.45) is 10.9 Å². The molecule has 0 radical (unpaired) electrons. The van der Waals surface area contributed by atoms with Gasteiger partial charge in [-0.1, -0.05) is 30.3 Å². The van der Waals surface area contributed by atoms with E-state index in [-0.39, 0.29) is 5.71 Å². The highest BCUT2D eigenvalue weighted by molar-refractivity contribution is 6.43. The molecule has 1 rings (SSSR count). The Labute approximate surface area is 76.0 Å². The minimum atomic E-state index is -0.534. The van der Waals surface area contributed by atoms with E-state index in [0.717, 1.165) is 0 Å². The van der Waals surface area contributed by atoms with E-state index < -0.39 is 5.97 Å². The molecule has 1 aromatic carbocycles. The fourth-order valence-electron chi connectivity index (χ4n) is 0.938. The molecule has 1 aromatic rings. The summed E-state index contributed by atoms with van der Waals surface area (Å²) in [5.74, 6) is 4.53. The third-order valence-corrected chi connectivity index (χ3v) is 1.56. The fraction of sp³-hybridized carbons (Fsp3) is 0.111. The summed E-state index contributed by atoms with van der Waals surface area (Å²) >= 11 is 0. The molecular weight excluding hydrogens is 168 g/mol. The van der Waals surface area contributed by atoms with Crippen LogP contribution in [0.3, 0.4) is 0 Å². The molecule has 0 aliphatic carbocycles. The van der Waals surface area contributed by atoms with Crippen LogP contribution < -0.4 is 5.84 Å². The highest BCUT2D eigenvalue weighted by Gasteiger charge is 2.12. The first-order valence-electron chi connectivity index (χ1n) is 3.71. The molecule has 0 atom stereocenters. The molecule has 0 saturated heterocycles. The van der Waals surface area contributed by atoms with E-state index in [2.05, 4.69) is 9.84 Å². The van der Waals surface area contributed by atoms with Crippen molar-refractivity contribution in [2.75, 3.05) is 7.11 Å². The predicted octanol–water partition coefficient (Wildman–Crippen LogP) is 0.522. The average Bonchev–Trinajstić information content (AvgIpc) is 2.20. The predicted molar refractivity (Wildman–Crippen MR) is 49.2 cm³/mol. The SMILES string of the molecule is COC(=O)/C(=N/N)c1ccccc1. The Kier molecular flexibility index (Phi) is 3.03. The van der Waals surface area contributed by atoms with Gasteiger partial charge in [0.05, 0.1) is 7.11 Å². The van der Waals surface area contributed by atoms with Crippen molar-refractivity contribution in [3.63, 3.8) is 0 Å². The molecule has 0 saturated carbocycles. The van der Waals surface area contributed by atoms with Gasteiger partial charge in [0.1, 0.15) is 0 Å². The Morgan fingerprint density at radius 3 is 2.46 bits per heavy atom. The highest BCUT2D eigenvalue weighted by Crippen LogP contribution is 2.01. The average molecular weight is 178 g/mol. The quantitative estimate of drug-likeness (QED) is 0.311. The number of nitrogens with two attached hydrogens (primary N) is 1. The van der Waals surface area contributed by atoms with Gasteiger partial charge in [0.25, 0.3) is 0 Å². The first-order valence-corrected chi connectivity index (χ1v) is 3.71. The van der Waals surface area contributed by atoms with Crippen LogP contribution in [-0.4, -0.2) is 18.8 Å². The topological polar surface area (TPSA) is 64.7 Å². The van der Waals surface area contributed by atoms with E-state index in [9.17, 15) is 4.79 Å². The summed E-state index contributed by atoms with van der Waals surface area (Å²) in [6, 6.07) is 8.91. The lowest BCUT2D eigenvalue weighted by molar-refractivity contribution is -0.132. The van der Waals surface area contributed by atoms with Crippen LogP contribution in [0.1, 0.15) is 5.56 Å². The van der Waals surface area contributed by atoms with Gasteiger partial charge in [-0.25, -0.2) is 4.79 Å². The minimum absolute atomic E-state index is 0.128. The van der Waals surface area contributed by atoms with E-state index >= 15 is 0 Å². The van der Waals surface area contributed by atoms with Crippen molar-refractivity contribution in [1.82, 2.24) is 0 Å². The molecule has 0 aromatic heterocycles. The summed E-state index contributed by atoms with van der Waals surface area (Å²) in [5, 5.41) is 3.37. The largest absolute Gasteiger partial charge is 0.464 e. The summed E-state index contributed by atoms with van der Waals surface area (Å²) in [6.07, 6.45) is 0. The molecule has 0 aliphatic heterocycles. The van der Waals surface area contributed by atoms with E-state index in [1.54, 1.807) is 24.3 Å². The zero-order chi connectivity index (χ0) is 9.68. The van der Waals surface area contributed by atoms with E-state index in [1.807, 2.05) is 6.07 Å². The van der Waals surface area contributed by atoms with E-state index in [1.165, 1.54) is 7.11 Å². The van der Waals surface area contributed by atoms with Crippen molar-refractivity contribution >= 4 is 11.7 Å². The van der Waals surface area contributed by atoms with Gasteiger partial charge in [0.15, 0.2) is 5.71 Å². The fourth-order valence-corrected chi connectivity index (χ4v) is 0.938. The van der Waals surface area contributed by atoms with Gasteiger partial charge in [0, 0.05) is 5.56 Å². The zero-order valence-corrected chi connectivity index (χ0v) is 7.23. The smallest absolute Gasteiger partial charge is 0.359 e. The number of rotatable bonds is 2. The monoisotopic (exact) mass is 178 g/mol. The molecule has 68 valence electrons. The van der Waals surface area contributed by atoms with Gasteiger partial charge in [-0.05, 0) is 0 Å². The second kappa shape index (κ2) is 4.25. The number of hydrazone groups is 1. The van der Waals surface area contributed by atoms with Crippen LogP contribution in [0.15, 0.2) is 35.4 Å². The summed E-state index contributed by atoms with van der Waals surface area (Å²) in [6.45, 7) is 0. The van der Waals surface area contributed by atoms with Gasteiger partial charge in [-0.3, -0.25) is 0 Å². The molecule has 0 amide bonds. The molecule has 4 nitrogen and oxygen atoms in total. The van der Waals surface area contributed by atoms with E-state index in [0.29, 0.717) is 5.56 Å². The Balaban J connectivity index is 3.00. The van der Waals surface area contributed by atoms with Crippen molar-refractivity contribution in [1.29, 1.82) is 0 Å². The van der Waals surface area contributed by atoms with Crippen LogP contribution in [0.5, 0.6) is 0 Å². The molecule has 0 fully saturated rings. The lowest BCUT2D eigenvalue weighted by Crippen LogP contribution is -2.18. The van der Waals surface area contributed by atoms with Crippen LogP contribution in [0.25, 0.3) is 0 Å². The molecule has 4 heteroatoms. The molecule has 13 heavy (non-hydrogen) atoms. The maximum absolute atomic E-state index is 11.1. The Bertz CT molecular complexity index is 320. The molecule has 0 heterocycles. The minimum Gasteiger partial charge on any atom is -0.464 e. The highest BCUT2D eigenvalue weighted by atomic mass is 16.5. The number of carbonyl (C=O) groups excluding carboxylic acids is 1. The van der Waals surface area contributed by atoms with Crippen LogP contribution >= 0.6 is 0 Å². The molecular formula is C9H10N2O2. The maximum Gasteiger partial charge on any atom is 0.359 e. The second-order valence-corrected chi connectivity index (χ2v) is 2.34. The van der Waals surface area contributed by atoms with Gasteiger partial charge in [-0.2, -0.15) is 5.10 Å². The summed E-state index contributed by atoms with van der Waals surface area (Å²) < 4.78 is 4.51. The van der Waals surface area contributed by atoms with Gasteiger partial charge < -0.3 is 10.6 Å². The van der Waals surface area contributed by atoms with Crippen molar-refractivity contribution in [2.45, 2.75) is 0 Å². The summed E-state index contributed by atoms with van der Waals surface area (Å²) in [4.78, 5) is 11.1. The number of nitrogens with zero attached hydrogens (tertiary/aromatic N) is 1. The summed E-state index contributed by atoms with van der Waals surface area (Å²) in [7, 11) is 1.29. The molecule has 0 unspecified atom stereocenters. The second-order valence-electron chi connectivity index (χ2n) is 2.34. The number of carbonyl (C=O) groups is 1. The van der Waals surface area contributed by atoms with Gasteiger partial charge in [0.2, 0.25) is 0 Å². The molecule has 0 bridgehead atoms. The molecule has 0 aliphatic rings. The third kappa shape index (κ3) is 2.05. The van der Waals surface area contributed by atoms with Crippen molar-refractivity contribution in [3.05, 3.63) is 35.9 Å².